The van der Waals surface area contributed by atoms with Crippen LogP contribution in [0.5, 0.6) is 0 Å². The van der Waals surface area contributed by atoms with Gasteiger partial charge in [0.25, 0.3) is 0 Å². The normalized spacial score (nSPS) is 22.2. The number of benzene rings is 1. The maximum absolute atomic E-state index is 12.8. The third kappa shape index (κ3) is 4.15. The number of ether oxygens (including phenoxy) is 1. The van der Waals surface area contributed by atoms with Crippen LogP contribution in [0.25, 0.3) is 0 Å². The fourth-order valence-electron chi connectivity index (χ4n) is 4.18. The van der Waals surface area contributed by atoms with Gasteiger partial charge in [0.2, 0.25) is 5.91 Å². The maximum atomic E-state index is 12.8. The van der Waals surface area contributed by atoms with Crippen LogP contribution >= 0.6 is 0 Å². The van der Waals surface area contributed by atoms with Gasteiger partial charge in [-0.25, -0.2) is 0 Å². The maximum Gasteiger partial charge on any atom is 0.221 e. The number of nitrogens with one attached hydrogen (secondary N) is 1. The van der Waals surface area contributed by atoms with Crippen molar-refractivity contribution in [3.63, 3.8) is 0 Å². The first-order valence-electron chi connectivity index (χ1n) is 9.19. The molecule has 1 fully saturated rings. The van der Waals surface area contributed by atoms with Gasteiger partial charge >= 0.3 is 0 Å². The second kappa shape index (κ2) is 7.23. The van der Waals surface area contributed by atoms with Crippen molar-refractivity contribution < 1.29 is 14.1 Å². The van der Waals surface area contributed by atoms with Crippen LogP contribution in [0.15, 0.2) is 34.9 Å². The molecule has 2 aromatic rings. The summed E-state index contributed by atoms with van der Waals surface area (Å²) < 4.78 is 11.0. The summed E-state index contributed by atoms with van der Waals surface area (Å²) in [5.74, 6) is 0.781. The van der Waals surface area contributed by atoms with Crippen LogP contribution in [0.2, 0.25) is 0 Å². The molecule has 140 valence electrons. The van der Waals surface area contributed by atoms with Crippen molar-refractivity contribution >= 4 is 5.91 Å². The molecule has 1 aliphatic rings. The number of amides is 1. The monoisotopic (exact) mass is 356 g/mol. The minimum absolute atomic E-state index is 0.0339. The number of hydrogen-bond donors (Lipinski definition) is 1. The van der Waals surface area contributed by atoms with Crippen molar-refractivity contribution in [2.75, 3.05) is 6.61 Å². The molecule has 0 bridgehead atoms. The summed E-state index contributed by atoms with van der Waals surface area (Å²) in [5.41, 5.74) is 2.77. The topological polar surface area (TPSA) is 64.4 Å². The van der Waals surface area contributed by atoms with E-state index in [2.05, 4.69) is 49.4 Å². The predicted octanol–water partition coefficient (Wildman–Crippen LogP) is 3.82. The van der Waals surface area contributed by atoms with E-state index in [0.29, 0.717) is 19.6 Å². The Morgan fingerprint density at radius 2 is 2.04 bits per heavy atom. The Kier molecular flexibility index (Phi) is 5.19. The van der Waals surface area contributed by atoms with Gasteiger partial charge in [0.1, 0.15) is 11.5 Å². The quantitative estimate of drug-likeness (QED) is 0.884. The first-order chi connectivity index (χ1) is 12.3. The molecular weight excluding hydrogens is 328 g/mol. The molecule has 3 rings (SSSR count). The summed E-state index contributed by atoms with van der Waals surface area (Å²) >= 11 is 0. The number of carbonyl (C=O) groups is 1. The summed E-state index contributed by atoms with van der Waals surface area (Å²) in [6, 6.07) is 10.2. The molecule has 0 aliphatic carbocycles. The molecule has 1 saturated heterocycles. The average Bonchev–Trinajstić information content (AvgIpc) is 2.98. The molecule has 1 unspecified atom stereocenters. The smallest absolute Gasteiger partial charge is 0.221 e. The number of carbonyl (C=O) groups excluding carboxylic acids is 1. The van der Waals surface area contributed by atoms with Crippen molar-refractivity contribution in [1.29, 1.82) is 0 Å². The highest BCUT2D eigenvalue weighted by Crippen LogP contribution is 2.45. The fourth-order valence-corrected chi connectivity index (χ4v) is 4.18. The largest absolute Gasteiger partial charge is 0.376 e. The van der Waals surface area contributed by atoms with Gasteiger partial charge in [-0.05, 0) is 51.7 Å². The van der Waals surface area contributed by atoms with Crippen LogP contribution in [0.1, 0.15) is 55.7 Å². The highest BCUT2D eigenvalue weighted by atomic mass is 16.5. The summed E-state index contributed by atoms with van der Waals surface area (Å²) in [6.45, 7) is 9.23. The van der Waals surface area contributed by atoms with Crippen LogP contribution in [-0.4, -0.2) is 23.3 Å². The Morgan fingerprint density at radius 1 is 1.27 bits per heavy atom. The molecule has 5 heteroatoms. The number of aryl methyl sites for hydroxylation is 2. The van der Waals surface area contributed by atoms with E-state index < -0.39 is 0 Å². The summed E-state index contributed by atoms with van der Waals surface area (Å²) in [4.78, 5) is 12.8. The third-order valence-electron chi connectivity index (χ3n) is 5.20. The van der Waals surface area contributed by atoms with Gasteiger partial charge in [-0.1, -0.05) is 29.4 Å². The summed E-state index contributed by atoms with van der Waals surface area (Å²) in [6.07, 6.45) is 2.11. The average molecular weight is 356 g/mol. The summed E-state index contributed by atoms with van der Waals surface area (Å²) in [5, 5.41) is 6.94. The molecule has 0 saturated carbocycles. The first kappa shape index (κ1) is 18.6. The van der Waals surface area contributed by atoms with E-state index in [-0.39, 0.29) is 16.9 Å². The fraction of sp³-hybridized carbons (Fsp3) is 0.524. The first-order valence-corrected chi connectivity index (χ1v) is 9.19. The van der Waals surface area contributed by atoms with E-state index in [1.165, 1.54) is 11.1 Å². The molecule has 0 radical (unpaired) electrons. The summed E-state index contributed by atoms with van der Waals surface area (Å²) in [7, 11) is 0. The van der Waals surface area contributed by atoms with Crippen molar-refractivity contribution in [2.45, 2.75) is 64.5 Å². The van der Waals surface area contributed by atoms with Gasteiger partial charge in [0.15, 0.2) is 0 Å². The zero-order valence-electron chi connectivity index (χ0n) is 16.1. The number of hydrogen-bond acceptors (Lipinski definition) is 4. The van der Waals surface area contributed by atoms with E-state index in [9.17, 15) is 4.79 Å². The van der Waals surface area contributed by atoms with Crippen LogP contribution < -0.4 is 5.32 Å². The zero-order valence-corrected chi connectivity index (χ0v) is 16.1. The molecule has 1 N–H and O–H groups in total. The Bertz CT molecular complexity index is 781. The van der Waals surface area contributed by atoms with E-state index in [1.54, 1.807) is 0 Å². The lowest BCUT2D eigenvalue weighted by Crippen LogP contribution is -2.46. The number of nitrogens with zero attached hydrogens (tertiary/aromatic N) is 1. The molecule has 1 atom stereocenters. The standard InChI is InChI=1S/C21H28N2O3/c1-15-7-5-6-8-18(15)21(9-10-25-20(3,4)14-21)12-19(24)22-13-17-11-16(2)26-23-17/h5-8,11H,9-10,12-14H2,1-4H3,(H,22,24). The number of aromatic nitrogens is 1. The Morgan fingerprint density at radius 3 is 2.69 bits per heavy atom. The Balaban J connectivity index is 1.80. The van der Waals surface area contributed by atoms with E-state index >= 15 is 0 Å². The van der Waals surface area contributed by atoms with Gasteiger partial charge in [-0.15, -0.1) is 0 Å². The lowest BCUT2D eigenvalue weighted by atomic mass is 9.66. The van der Waals surface area contributed by atoms with E-state index in [0.717, 1.165) is 24.3 Å². The lowest BCUT2D eigenvalue weighted by Gasteiger charge is -2.45. The van der Waals surface area contributed by atoms with Crippen LogP contribution in [-0.2, 0) is 21.5 Å². The highest BCUT2D eigenvalue weighted by molar-refractivity contribution is 5.77. The van der Waals surface area contributed by atoms with Gasteiger partial charge in [-0.3, -0.25) is 4.79 Å². The molecule has 2 heterocycles. The Hall–Kier alpha value is -2.14. The van der Waals surface area contributed by atoms with Crippen molar-refractivity contribution in [2.24, 2.45) is 0 Å². The third-order valence-corrected chi connectivity index (χ3v) is 5.20. The molecule has 26 heavy (non-hydrogen) atoms. The van der Waals surface area contributed by atoms with Crippen molar-refractivity contribution in [3.05, 3.63) is 52.9 Å². The minimum atomic E-state index is -0.246. The van der Waals surface area contributed by atoms with E-state index in [4.69, 9.17) is 9.26 Å². The van der Waals surface area contributed by atoms with Crippen molar-refractivity contribution in [1.82, 2.24) is 10.5 Å². The molecule has 0 spiro atoms. The van der Waals surface area contributed by atoms with Gasteiger partial charge in [0, 0.05) is 24.5 Å². The zero-order chi connectivity index (χ0) is 18.8. The second-order valence-electron chi connectivity index (χ2n) is 8.01. The van der Waals surface area contributed by atoms with Crippen LogP contribution in [0.3, 0.4) is 0 Å². The predicted molar refractivity (Wildman–Crippen MR) is 99.8 cm³/mol. The van der Waals surface area contributed by atoms with Crippen LogP contribution in [0, 0.1) is 13.8 Å². The molecule has 1 aliphatic heterocycles. The van der Waals surface area contributed by atoms with Crippen LogP contribution in [0.4, 0.5) is 0 Å². The molecule has 1 aromatic heterocycles. The van der Waals surface area contributed by atoms with Gasteiger partial charge < -0.3 is 14.6 Å². The van der Waals surface area contributed by atoms with Gasteiger partial charge in [0.05, 0.1) is 12.1 Å². The van der Waals surface area contributed by atoms with Gasteiger partial charge in [-0.2, -0.15) is 0 Å². The SMILES string of the molecule is Cc1cc(CNC(=O)CC2(c3ccccc3C)CCOC(C)(C)C2)no1. The minimum Gasteiger partial charge on any atom is -0.376 e. The number of rotatable bonds is 5. The van der Waals surface area contributed by atoms with E-state index in [1.807, 2.05) is 19.1 Å². The molecule has 1 aromatic carbocycles. The van der Waals surface area contributed by atoms with Crippen molar-refractivity contribution in [3.8, 4) is 0 Å². The molecule has 1 amide bonds. The lowest BCUT2D eigenvalue weighted by molar-refractivity contribution is -0.126. The Labute approximate surface area is 155 Å². The second-order valence-corrected chi connectivity index (χ2v) is 8.01. The molecular formula is C21H28N2O3. The molecule has 5 nitrogen and oxygen atoms in total. The highest BCUT2D eigenvalue weighted by Gasteiger charge is 2.44.